The molecule has 0 saturated carbocycles. The molecule has 0 unspecified atom stereocenters. The third-order valence-corrected chi connectivity index (χ3v) is 5.82. The summed E-state index contributed by atoms with van der Waals surface area (Å²) in [5.74, 6) is 0.686. The van der Waals surface area contributed by atoms with Gasteiger partial charge in [-0.2, -0.15) is 0 Å². The average molecular weight is 401 g/mol. The van der Waals surface area contributed by atoms with Gasteiger partial charge < -0.3 is 14.4 Å². The third-order valence-electron chi connectivity index (χ3n) is 5.82. The van der Waals surface area contributed by atoms with Crippen LogP contribution in [0, 0.1) is 5.92 Å². The number of nitrogens with zero attached hydrogens (tertiary/aromatic N) is 2. The van der Waals surface area contributed by atoms with Crippen LogP contribution in [0.3, 0.4) is 0 Å². The molecule has 1 aromatic carbocycles. The van der Waals surface area contributed by atoms with Crippen molar-refractivity contribution in [3.8, 4) is 5.75 Å². The Morgan fingerprint density at radius 2 is 1.90 bits per heavy atom. The number of amides is 1. The molecular formula is C23H32N2O4. The summed E-state index contributed by atoms with van der Waals surface area (Å²) in [6.45, 7) is 10.6. The van der Waals surface area contributed by atoms with E-state index in [4.69, 9.17) is 9.47 Å². The van der Waals surface area contributed by atoms with Gasteiger partial charge in [0, 0.05) is 5.56 Å². The van der Waals surface area contributed by atoms with Crippen LogP contribution in [0.2, 0.25) is 0 Å². The lowest BCUT2D eigenvalue weighted by molar-refractivity contribution is -0.147. The monoisotopic (exact) mass is 400 g/mol. The zero-order chi connectivity index (χ0) is 21.2. The highest BCUT2D eigenvalue weighted by atomic mass is 16.5. The number of fused-ring (bicyclic) bond motifs is 1. The summed E-state index contributed by atoms with van der Waals surface area (Å²) >= 11 is 0. The Kier molecular flexibility index (Phi) is 6.32. The summed E-state index contributed by atoms with van der Waals surface area (Å²) in [5.41, 5.74) is 2.70. The lowest BCUT2D eigenvalue weighted by Crippen LogP contribution is -2.53. The number of carbonyl (C=O) groups is 2. The fourth-order valence-electron chi connectivity index (χ4n) is 4.48. The number of likely N-dealkylation sites (tertiary alicyclic amines) is 1. The van der Waals surface area contributed by atoms with Gasteiger partial charge in [-0.05, 0) is 77.4 Å². The lowest BCUT2D eigenvalue weighted by Gasteiger charge is -2.43. The van der Waals surface area contributed by atoms with Crippen molar-refractivity contribution < 1.29 is 19.1 Å². The molecule has 0 aromatic heterocycles. The van der Waals surface area contributed by atoms with E-state index >= 15 is 0 Å². The number of rotatable bonds is 5. The van der Waals surface area contributed by atoms with E-state index < -0.39 is 5.54 Å². The Morgan fingerprint density at radius 3 is 2.52 bits per heavy atom. The van der Waals surface area contributed by atoms with Gasteiger partial charge in [0.1, 0.15) is 5.75 Å². The number of benzene rings is 1. The first-order valence-electron chi connectivity index (χ1n) is 10.4. The van der Waals surface area contributed by atoms with Crippen molar-refractivity contribution >= 4 is 23.1 Å². The number of hydrogen-bond acceptors (Lipinski definition) is 5. The van der Waals surface area contributed by atoms with Gasteiger partial charge in [0.25, 0.3) is 0 Å². The maximum Gasteiger partial charge on any atom is 0.308 e. The van der Waals surface area contributed by atoms with Gasteiger partial charge in [0.2, 0.25) is 5.91 Å². The van der Waals surface area contributed by atoms with Gasteiger partial charge >= 0.3 is 5.97 Å². The molecule has 2 aliphatic rings. The van der Waals surface area contributed by atoms with E-state index in [1.165, 1.54) is 7.11 Å². The predicted molar refractivity (Wildman–Crippen MR) is 114 cm³/mol. The normalized spacial score (nSPS) is 19.3. The topological polar surface area (TPSA) is 59.1 Å². The minimum atomic E-state index is -0.411. The summed E-state index contributed by atoms with van der Waals surface area (Å²) in [6.07, 6.45) is 3.61. The minimum Gasteiger partial charge on any atom is -0.494 e. The van der Waals surface area contributed by atoms with E-state index in [0.717, 1.165) is 48.5 Å². The molecule has 0 N–H and O–H groups in total. The van der Waals surface area contributed by atoms with Crippen LogP contribution in [-0.4, -0.2) is 55.7 Å². The van der Waals surface area contributed by atoms with Crippen LogP contribution < -0.4 is 9.64 Å². The van der Waals surface area contributed by atoms with Crippen LogP contribution >= 0.6 is 0 Å². The fraction of sp³-hybridized carbons (Fsp3) is 0.565. The summed E-state index contributed by atoms with van der Waals surface area (Å²) in [4.78, 5) is 29.1. The molecule has 0 radical (unpaired) electrons. The predicted octanol–water partition coefficient (Wildman–Crippen LogP) is 3.50. The van der Waals surface area contributed by atoms with Crippen LogP contribution in [-0.2, 0) is 14.3 Å². The van der Waals surface area contributed by atoms with Crippen LogP contribution in [0.4, 0.5) is 5.69 Å². The van der Waals surface area contributed by atoms with Gasteiger partial charge in [-0.1, -0.05) is 6.08 Å². The summed E-state index contributed by atoms with van der Waals surface area (Å²) in [7, 11) is 1.43. The molecule has 2 heterocycles. The van der Waals surface area contributed by atoms with Crippen molar-refractivity contribution in [1.29, 1.82) is 0 Å². The highest BCUT2D eigenvalue weighted by Crippen LogP contribution is 2.40. The zero-order valence-corrected chi connectivity index (χ0v) is 18.2. The second kappa shape index (κ2) is 8.57. The Hall–Kier alpha value is -2.34. The largest absolute Gasteiger partial charge is 0.494 e. The molecule has 0 spiro atoms. The van der Waals surface area contributed by atoms with E-state index in [1.54, 1.807) is 0 Å². The van der Waals surface area contributed by atoms with Crippen molar-refractivity contribution in [3.63, 3.8) is 0 Å². The number of piperidine rings is 1. The molecule has 158 valence electrons. The number of carbonyl (C=O) groups excluding carboxylic acids is 2. The van der Waals surface area contributed by atoms with Crippen LogP contribution in [0.15, 0.2) is 24.3 Å². The number of anilines is 1. The second-order valence-electron chi connectivity index (χ2n) is 8.40. The molecular weight excluding hydrogens is 368 g/mol. The number of ether oxygens (including phenoxy) is 2. The molecule has 1 amide bonds. The lowest BCUT2D eigenvalue weighted by atomic mass is 9.88. The van der Waals surface area contributed by atoms with Crippen molar-refractivity contribution in [3.05, 3.63) is 29.8 Å². The highest BCUT2D eigenvalue weighted by Gasteiger charge is 2.37. The first-order valence-corrected chi connectivity index (χ1v) is 10.4. The number of methoxy groups -OCH3 is 1. The SMILES string of the molecule is CCOc1ccc2c(c1)C(C)=CC(C)(C)N2C(=O)CN1CCC(C(=O)OC)CC1. The first-order chi connectivity index (χ1) is 13.8. The summed E-state index contributed by atoms with van der Waals surface area (Å²) in [6, 6.07) is 5.93. The van der Waals surface area contributed by atoms with Gasteiger partial charge in [-0.15, -0.1) is 0 Å². The molecule has 6 heteroatoms. The van der Waals surface area contributed by atoms with Gasteiger partial charge in [0.05, 0.1) is 37.4 Å². The number of esters is 1. The minimum absolute atomic E-state index is 0.0546. The van der Waals surface area contributed by atoms with E-state index in [2.05, 4.69) is 31.7 Å². The maximum absolute atomic E-state index is 13.4. The van der Waals surface area contributed by atoms with Crippen LogP contribution in [0.5, 0.6) is 5.75 Å². The first kappa shape index (κ1) is 21.4. The van der Waals surface area contributed by atoms with E-state index in [-0.39, 0.29) is 17.8 Å². The molecule has 3 rings (SSSR count). The van der Waals surface area contributed by atoms with Crippen molar-refractivity contribution in [2.24, 2.45) is 5.92 Å². The standard InChI is InChI=1S/C23H32N2O4/c1-6-29-18-7-8-20-19(13-18)16(2)14-23(3,4)25(20)21(26)15-24-11-9-17(10-12-24)22(27)28-5/h7-8,13-14,17H,6,9-12,15H2,1-5H3. The molecule has 1 fully saturated rings. The zero-order valence-electron chi connectivity index (χ0n) is 18.2. The smallest absolute Gasteiger partial charge is 0.308 e. The molecule has 2 aliphatic heterocycles. The van der Waals surface area contributed by atoms with Gasteiger partial charge in [0.15, 0.2) is 0 Å². The van der Waals surface area contributed by atoms with Gasteiger partial charge in [-0.25, -0.2) is 0 Å². The third kappa shape index (κ3) is 4.47. The summed E-state index contributed by atoms with van der Waals surface area (Å²) < 4.78 is 10.5. The molecule has 6 nitrogen and oxygen atoms in total. The van der Waals surface area contributed by atoms with E-state index in [0.29, 0.717) is 13.2 Å². The molecule has 1 saturated heterocycles. The maximum atomic E-state index is 13.4. The molecule has 0 bridgehead atoms. The summed E-state index contributed by atoms with van der Waals surface area (Å²) in [5, 5.41) is 0. The van der Waals surface area contributed by atoms with Crippen molar-refractivity contribution in [2.45, 2.75) is 46.1 Å². The molecule has 0 atom stereocenters. The fourth-order valence-corrected chi connectivity index (χ4v) is 4.48. The average Bonchev–Trinajstić information content (AvgIpc) is 2.68. The molecule has 1 aromatic rings. The van der Waals surface area contributed by atoms with Crippen molar-refractivity contribution in [2.75, 3.05) is 38.3 Å². The van der Waals surface area contributed by atoms with Crippen LogP contribution in [0.1, 0.15) is 46.1 Å². The quantitative estimate of drug-likeness (QED) is 0.708. The highest BCUT2D eigenvalue weighted by molar-refractivity contribution is 6.01. The van der Waals surface area contributed by atoms with Crippen molar-refractivity contribution in [1.82, 2.24) is 4.90 Å². The number of allylic oxidation sites excluding steroid dienone is 1. The second-order valence-corrected chi connectivity index (χ2v) is 8.40. The Labute approximate surface area is 173 Å². The Morgan fingerprint density at radius 1 is 1.21 bits per heavy atom. The van der Waals surface area contributed by atoms with Crippen LogP contribution in [0.25, 0.3) is 5.57 Å². The molecule has 29 heavy (non-hydrogen) atoms. The Balaban J connectivity index is 1.77. The van der Waals surface area contributed by atoms with E-state index in [1.807, 2.05) is 30.0 Å². The van der Waals surface area contributed by atoms with Gasteiger partial charge in [-0.3, -0.25) is 14.5 Å². The molecule has 0 aliphatic carbocycles. The van der Waals surface area contributed by atoms with E-state index in [9.17, 15) is 9.59 Å². The number of hydrogen-bond donors (Lipinski definition) is 0. The Bertz CT molecular complexity index is 807.